The van der Waals surface area contributed by atoms with Gasteiger partial charge in [-0.15, -0.1) is 12.4 Å². The molecule has 98 valence electrons. The first-order chi connectivity index (χ1) is 8.24. The second kappa shape index (κ2) is 5.16. The Hall–Kier alpha value is -1.26. The van der Waals surface area contributed by atoms with Crippen LogP contribution in [0.4, 0.5) is 10.1 Å². The zero-order valence-corrected chi connectivity index (χ0v) is 11.0. The average Bonchev–Trinajstić information content (AvgIpc) is 2.75. The molecule has 0 saturated carbocycles. The molecule has 0 aliphatic carbocycles. The summed E-state index contributed by atoms with van der Waals surface area (Å²) in [7, 11) is 0. The fraction of sp³-hybridized carbons (Fsp3) is 0.385. The Morgan fingerprint density at radius 3 is 3.06 bits per heavy atom. The number of nitrogens with one attached hydrogen (secondary N) is 1. The summed E-state index contributed by atoms with van der Waals surface area (Å²) in [6, 6.07) is 5.28. The molecule has 18 heavy (non-hydrogen) atoms. The summed E-state index contributed by atoms with van der Waals surface area (Å²) in [4.78, 5) is 2.18. The SMILES string of the molecule is C[C@@H]1CN(c2cc(F)cc3ccoc23)CCN1.Cl. The summed E-state index contributed by atoms with van der Waals surface area (Å²) < 4.78 is 19.0. The van der Waals surface area contributed by atoms with E-state index in [9.17, 15) is 4.39 Å². The van der Waals surface area contributed by atoms with Crippen LogP contribution in [-0.4, -0.2) is 25.7 Å². The molecule has 0 bridgehead atoms. The molecule has 2 heterocycles. The first kappa shape index (κ1) is 13.2. The molecular formula is C13H16ClFN2O. The molecule has 5 heteroatoms. The van der Waals surface area contributed by atoms with E-state index < -0.39 is 0 Å². The molecule has 1 aliphatic rings. The summed E-state index contributed by atoms with van der Waals surface area (Å²) in [6.45, 7) is 4.80. The Labute approximate surface area is 111 Å². The van der Waals surface area contributed by atoms with E-state index in [0.717, 1.165) is 36.3 Å². The monoisotopic (exact) mass is 270 g/mol. The van der Waals surface area contributed by atoms with E-state index in [1.165, 1.54) is 6.07 Å². The molecule has 1 fully saturated rings. The van der Waals surface area contributed by atoms with E-state index in [-0.39, 0.29) is 18.2 Å². The molecule has 1 atom stereocenters. The Morgan fingerprint density at radius 1 is 1.44 bits per heavy atom. The van der Waals surface area contributed by atoms with Crippen molar-refractivity contribution in [3.05, 3.63) is 30.3 Å². The smallest absolute Gasteiger partial charge is 0.157 e. The zero-order valence-electron chi connectivity index (χ0n) is 10.1. The van der Waals surface area contributed by atoms with Crippen molar-refractivity contribution in [2.45, 2.75) is 13.0 Å². The number of hydrogen-bond donors (Lipinski definition) is 1. The number of nitrogens with zero attached hydrogens (tertiary/aromatic N) is 1. The first-order valence-corrected chi connectivity index (χ1v) is 5.89. The normalized spacial score (nSPS) is 19.9. The molecule has 3 nitrogen and oxygen atoms in total. The number of rotatable bonds is 1. The van der Waals surface area contributed by atoms with Gasteiger partial charge in [-0.3, -0.25) is 0 Å². The van der Waals surface area contributed by atoms with Crippen molar-refractivity contribution >= 4 is 29.1 Å². The van der Waals surface area contributed by atoms with Crippen molar-refractivity contribution in [1.82, 2.24) is 5.32 Å². The van der Waals surface area contributed by atoms with E-state index in [2.05, 4.69) is 17.1 Å². The van der Waals surface area contributed by atoms with Gasteiger partial charge in [0.15, 0.2) is 5.58 Å². The minimum atomic E-state index is -0.208. The van der Waals surface area contributed by atoms with E-state index in [4.69, 9.17) is 4.42 Å². The second-order valence-corrected chi connectivity index (χ2v) is 4.57. The molecule has 1 N–H and O–H groups in total. The maximum absolute atomic E-state index is 13.5. The van der Waals surface area contributed by atoms with Crippen LogP contribution in [0.1, 0.15) is 6.92 Å². The first-order valence-electron chi connectivity index (χ1n) is 5.89. The number of piperazine rings is 1. The van der Waals surface area contributed by atoms with Gasteiger partial charge in [-0.1, -0.05) is 0 Å². The number of hydrogen-bond acceptors (Lipinski definition) is 3. The summed E-state index contributed by atoms with van der Waals surface area (Å²) >= 11 is 0. The predicted molar refractivity (Wildman–Crippen MR) is 73.1 cm³/mol. The molecule has 2 aromatic rings. The molecule has 1 saturated heterocycles. The van der Waals surface area contributed by atoms with Gasteiger partial charge >= 0.3 is 0 Å². The van der Waals surface area contributed by atoms with Crippen LogP contribution < -0.4 is 10.2 Å². The molecule has 0 spiro atoms. The van der Waals surface area contributed by atoms with E-state index in [1.807, 2.05) is 0 Å². The topological polar surface area (TPSA) is 28.4 Å². The van der Waals surface area contributed by atoms with Crippen molar-refractivity contribution in [3.8, 4) is 0 Å². The lowest BCUT2D eigenvalue weighted by molar-refractivity contribution is 0.482. The Bertz CT molecular complexity index is 543. The van der Waals surface area contributed by atoms with Crippen LogP contribution in [0.3, 0.4) is 0 Å². The van der Waals surface area contributed by atoms with Crippen LogP contribution in [0.15, 0.2) is 28.9 Å². The summed E-state index contributed by atoms with van der Waals surface area (Å²) in [6.07, 6.45) is 1.61. The summed E-state index contributed by atoms with van der Waals surface area (Å²) in [5, 5.41) is 4.20. The molecule has 3 rings (SSSR count). The van der Waals surface area contributed by atoms with E-state index in [0.29, 0.717) is 6.04 Å². The highest BCUT2D eigenvalue weighted by Gasteiger charge is 2.19. The fourth-order valence-corrected chi connectivity index (χ4v) is 2.41. The Balaban J connectivity index is 0.00000120. The van der Waals surface area contributed by atoms with Crippen molar-refractivity contribution in [2.24, 2.45) is 0 Å². The molecular weight excluding hydrogens is 255 g/mol. The van der Waals surface area contributed by atoms with Gasteiger partial charge in [0.1, 0.15) is 5.82 Å². The third-order valence-electron chi connectivity index (χ3n) is 3.21. The molecule has 1 aromatic heterocycles. The van der Waals surface area contributed by atoms with Gasteiger partial charge in [0, 0.05) is 37.1 Å². The minimum Gasteiger partial charge on any atom is -0.462 e. The number of benzene rings is 1. The summed E-state index contributed by atoms with van der Waals surface area (Å²) in [5.74, 6) is -0.208. The van der Waals surface area contributed by atoms with Gasteiger partial charge in [0.05, 0.1) is 12.0 Å². The number of fused-ring (bicyclic) bond motifs is 1. The zero-order chi connectivity index (χ0) is 11.8. The van der Waals surface area contributed by atoms with Gasteiger partial charge in [0.25, 0.3) is 0 Å². The van der Waals surface area contributed by atoms with Gasteiger partial charge in [-0.2, -0.15) is 0 Å². The largest absolute Gasteiger partial charge is 0.462 e. The van der Waals surface area contributed by atoms with Crippen LogP contribution in [0, 0.1) is 5.82 Å². The third kappa shape index (κ3) is 2.31. The van der Waals surface area contributed by atoms with Crippen molar-refractivity contribution < 1.29 is 8.81 Å². The number of furan rings is 1. The molecule has 0 radical (unpaired) electrons. The van der Waals surface area contributed by atoms with Crippen LogP contribution in [-0.2, 0) is 0 Å². The van der Waals surface area contributed by atoms with Crippen molar-refractivity contribution in [3.63, 3.8) is 0 Å². The number of halogens is 2. The average molecular weight is 271 g/mol. The molecule has 0 amide bonds. The second-order valence-electron chi connectivity index (χ2n) is 4.57. The van der Waals surface area contributed by atoms with Crippen molar-refractivity contribution in [2.75, 3.05) is 24.5 Å². The molecule has 1 aromatic carbocycles. The van der Waals surface area contributed by atoms with Crippen LogP contribution in [0.25, 0.3) is 11.0 Å². The van der Waals surface area contributed by atoms with Gasteiger partial charge in [0.2, 0.25) is 0 Å². The third-order valence-corrected chi connectivity index (χ3v) is 3.21. The Morgan fingerprint density at radius 2 is 2.28 bits per heavy atom. The lowest BCUT2D eigenvalue weighted by atomic mass is 10.1. The maximum Gasteiger partial charge on any atom is 0.157 e. The van der Waals surface area contributed by atoms with Gasteiger partial charge < -0.3 is 14.6 Å². The highest BCUT2D eigenvalue weighted by molar-refractivity contribution is 5.89. The fourth-order valence-electron chi connectivity index (χ4n) is 2.41. The quantitative estimate of drug-likeness (QED) is 0.864. The standard InChI is InChI=1S/C13H15FN2O.ClH/c1-9-8-16(4-3-15-9)12-7-11(14)6-10-2-5-17-13(10)12;/h2,5-7,9,15H,3-4,8H2,1H3;1H/t9-;/m1./s1. The van der Waals surface area contributed by atoms with Gasteiger partial charge in [-0.05, 0) is 19.1 Å². The van der Waals surface area contributed by atoms with E-state index >= 15 is 0 Å². The van der Waals surface area contributed by atoms with Crippen LogP contribution in [0.5, 0.6) is 0 Å². The lowest BCUT2D eigenvalue weighted by Crippen LogP contribution is -2.49. The van der Waals surface area contributed by atoms with Crippen molar-refractivity contribution in [1.29, 1.82) is 0 Å². The van der Waals surface area contributed by atoms with Crippen LogP contribution >= 0.6 is 12.4 Å². The predicted octanol–water partition coefficient (Wildman–Crippen LogP) is 2.79. The molecule has 1 aliphatic heterocycles. The van der Waals surface area contributed by atoms with Crippen LogP contribution in [0.2, 0.25) is 0 Å². The van der Waals surface area contributed by atoms with Gasteiger partial charge in [-0.25, -0.2) is 4.39 Å². The van der Waals surface area contributed by atoms with E-state index in [1.54, 1.807) is 18.4 Å². The highest BCUT2D eigenvalue weighted by Crippen LogP contribution is 2.29. The number of anilines is 1. The highest BCUT2D eigenvalue weighted by atomic mass is 35.5. The molecule has 0 unspecified atom stereocenters. The lowest BCUT2D eigenvalue weighted by Gasteiger charge is -2.33. The maximum atomic E-state index is 13.5. The Kier molecular flexibility index (Phi) is 3.78. The minimum absolute atomic E-state index is 0. The summed E-state index contributed by atoms with van der Waals surface area (Å²) in [5.41, 5.74) is 1.64.